The minimum atomic E-state index is -0.785. The van der Waals surface area contributed by atoms with Crippen molar-refractivity contribution < 1.29 is 19.2 Å². The van der Waals surface area contributed by atoms with E-state index in [2.05, 4.69) is 0 Å². The van der Waals surface area contributed by atoms with Crippen LogP contribution in [-0.2, 0) is 16.1 Å². The standard InChI is InChI=1S/C17H18N2O5.2C2H6/c18-16(17(20)24-12-13-4-2-1-3-5-13)10-11-23-15-8-6-14(7-9-15)19(21)22;2*1-2/h1-9,16H,10-12,18H2;2*1-2H3/t16-;;/m0../s1. The predicted molar refractivity (Wildman–Crippen MR) is 110 cm³/mol. The molecule has 0 fully saturated rings. The van der Waals surface area contributed by atoms with Gasteiger partial charge in [-0.15, -0.1) is 0 Å². The fraction of sp³-hybridized carbons (Fsp3) is 0.381. The van der Waals surface area contributed by atoms with Crippen LogP contribution in [0, 0.1) is 10.1 Å². The molecule has 154 valence electrons. The molecular formula is C21H30N2O5. The van der Waals surface area contributed by atoms with Crippen LogP contribution in [0.5, 0.6) is 5.75 Å². The summed E-state index contributed by atoms with van der Waals surface area (Å²) in [6.45, 7) is 8.38. The third-order valence-electron chi connectivity index (χ3n) is 3.27. The zero-order valence-corrected chi connectivity index (χ0v) is 17.0. The number of esters is 1. The van der Waals surface area contributed by atoms with Crippen molar-refractivity contribution in [3.8, 4) is 5.75 Å². The molecule has 7 heteroatoms. The van der Waals surface area contributed by atoms with E-state index in [1.54, 1.807) is 0 Å². The van der Waals surface area contributed by atoms with Gasteiger partial charge in [-0.1, -0.05) is 58.0 Å². The SMILES string of the molecule is CC.CC.N[C@@H](CCOc1ccc([N+](=O)[O-])cc1)C(=O)OCc1ccccc1. The number of nitrogens with two attached hydrogens (primary N) is 1. The fourth-order valence-electron chi connectivity index (χ4n) is 1.92. The highest BCUT2D eigenvalue weighted by Gasteiger charge is 2.15. The second-order valence-corrected chi connectivity index (χ2v) is 5.09. The zero-order chi connectivity index (χ0) is 21.4. The van der Waals surface area contributed by atoms with Crippen LogP contribution in [0.4, 0.5) is 5.69 Å². The van der Waals surface area contributed by atoms with Crippen LogP contribution in [-0.4, -0.2) is 23.5 Å². The van der Waals surface area contributed by atoms with Crippen molar-refractivity contribution in [2.75, 3.05) is 6.61 Å². The lowest BCUT2D eigenvalue weighted by molar-refractivity contribution is -0.384. The summed E-state index contributed by atoms with van der Waals surface area (Å²) in [5.41, 5.74) is 6.64. The van der Waals surface area contributed by atoms with Crippen molar-refractivity contribution in [3.05, 3.63) is 70.3 Å². The molecule has 0 saturated carbocycles. The molecule has 2 aromatic rings. The first-order valence-corrected chi connectivity index (χ1v) is 9.39. The number of carbonyl (C=O) groups excluding carboxylic acids is 1. The number of hydrogen-bond donors (Lipinski definition) is 1. The van der Waals surface area contributed by atoms with Crippen molar-refractivity contribution >= 4 is 11.7 Å². The van der Waals surface area contributed by atoms with Gasteiger partial charge < -0.3 is 15.2 Å². The molecule has 0 heterocycles. The van der Waals surface area contributed by atoms with Crippen molar-refractivity contribution in [3.63, 3.8) is 0 Å². The molecule has 0 spiro atoms. The van der Waals surface area contributed by atoms with E-state index in [1.165, 1.54) is 24.3 Å². The average Bonchev–Trinajstić information content (AvgIpc) is 2.76. The minimum Gasteiger partial charge on any atom is -0.494 e. The first-order valence-electron chi connectivity index (χ1n) is 9.39. The Morgan fingerprint density at radius 1 is 1.04 bits per heavy atom. The van der Waals surface area contributed by atoms with Crippen LogP contribution in [0.25, 0.3) is 0 Å². The Hall–Kier alpha value is -2.93. The summed E-state index contributed by atoms with van der Waals surface area (Å²) in [5, 5.41) is 10.6. The highest BCUT2D eigenvalue weighted by molar-refractivity contribution is 5.75. The summed E-state index contributed by atoms with van der Waals surface area (Å²) in [6.07, 6.45) is 0.282. The van der Waals surface area contributed by atoms with Crippen molar-refractivity contribution in [2.45, 2.75) is 46.8 Å². The maximum absolute atomic E-state index is 11.8. The number of hydrogen-bond acceptors (Lipinski definition) is 6. The summed E-state index contributed by atoms with van der Waals surface area (Å²) in [4.78, 5) is 21.9. The van der Waals surface area contributed by atoms with Gasteiger partial charge in [0.2, 0.25) is 0 Å². The van der Waals surface area contributed by atoms with Gasteiger partial charge in [-0.2, -0.15) is 0 Å². The fourth-order valence-corrected chi connectivity index (χ4v) is 1.92. The summed E-state index contributed by atoms with van der Waals surface area (Å²) in [6, 6.07) is 14.2. The molecule has 2 rings (SSSR count). The van der Waals surface area contributed by atoms with Crippen LogP contribution in [0.15, 0.2) is 54.6 Å². The molecular weight excluding hydrogens is 360 g/mol. The number of non-ortho nitro benzene ring substituents is 1. The van der Waals surface area contributed by atoms with E-state index < -0.39 is 16.9 Å². The van der Waals surface area contributed by atoms with Gasteiger partial charge in [0.05, 0.1) is 11.5 Å². The number of nitrogens with zero attached hydrogens (tertiary/aromatic N) is 1. The molecule has 0 aliphatic carbocycles. The monoisotopic (exact) mass is 390 g/mol. The lowest BCUT2D eigenvalue weighted by Gasteiger charge is -2.12. The smallest absolute Gasteiger partial charge is 0.323 e. The van der Waals surface area contributed by atoms with Gasteiger partial charge >= 0.3 is 5.97 Å². The normalized spacial score (nSPS) is 10.3. The molecule has 7 nitrogen and oxygen atoms in total. The van der Waals surface area contributed by atoms with Crippen LogP contribution in [0.1, 0.15) is 39.7 Å². The van der Waals surface area contributed by atoms with E-state index >= 15 is 0 Å². The Kier molecular flexibility index (Phi) is 13.6. The number of rotatable bonds is 8. The van der Waals surface area contributed by atoms with Crippen LogP contribution in [0.3, 0.4) is 0 Å². The van der Waals surface area contributed by atoms with Gasteiger partial charge in [-0.25, -0.2) is 0 Å². The summed E-state index contributed by atoms with van der Waals surface area (Å²) in [5.74, 6) is -0.0170. The number of carbonyl (C=O) groups is 1. The first-order chi connectivity index (χ1) is 13.6. The molecule has 0 saturated heterocycles. The second-order valence-electron chi connectivity index (χ2n) is 5.09. The van der Waals surface area contributed by atoms with Crippen LogP contribution < -0.4 is 10.5 Å². The molecule has 0 bridgehead atoms. The predicted octanol–water partition coefficient (Wildman–Crippen LogP) is 4.49. The van der Waals surface area contributed by atoms with Gasteiger partial charge in [0.15, 0.2) is 0 Å². The number of benzene rings is 2. The highest BCUT2D eigenvalue weighted by atomic mass is 16.6. The van der Waals surface area contributed by atoms with Crippen molar-refractivity contribution in [1.82, 2.24) is 0 Å². The molecule has 0 aliphatic rings. The van der Waals surface area contributed by atoms with E-state index in [4.69, 9.17) is 15.2 Å². The Bertz CT molecular complexity index is 675. The Morgan fingerprint density at radius 2 is 1.61 bits per heavy atom. The van der Waals surface area contributed by atoms with Gasteiger partial charge in [-0.05, 0) is 17.7 Å². The Labute approximate surface area is 166 Å². The maximum Gasteiger partial charge on any atom is 0.323 e. The topological polar surface area (TPSA) is 105 Å². The molecule has 2 aromatic carbocycles. The molecule has 0 aromatic heterocycles. The van der Waals surface area contributed by atoms with E-state index in [0.717, 1.165) is 5.56 Å². The van der Waals surface area contributed by atoms with Gasteiger partial charge in [0, 0.05) is 18.6 Å². The molecule has 0 unspecified atom stereocenters. The van der Waals surface area contributed by atoms with Crippen molar-refractivity contribution in [2.24, 2.45) is 5.73 Å². The molecule has 0 aliphatic heterocycles. The highest BCUT2D eigenvalue weighted by Crippen LogP contribution is 2.17. The third-order valence-corrected chi connectivity index (χ3v) is 3.27. The van der Waals surface area contributed by atoms with Crippen molar-refractivity contribution in [1.29, 1.82) is 0 Å². The van der Waals surface area contributed by atoms with Gasteiger partial charge in [0.25, 0.3) is 5.69 Å². The van der Waals surface area contributed by atoms with Gasteiger partial charge in [0.1, 0.15) is 18.4 Å². The quantitative estimate of drug-likeness (QED) is 0.404. The summed E-state index contributed by atoms with van der Waals surface area (Å²) >= 11 is 0. The lowest BCUT2D eigenvalue weighted by atomic mass is 10.2. The van der Waals surface area contributed by atoms with E-state index in [1.807, 2.05) is 58.0 Å². The molecule has 1 atom stereocenters. The molecule has 0 amide bonds. The Balaban J connectivity index is 0.00000171. The average molecular weight is 390 g/mol. The number of nitro groups is 1. The van der Waals surface area contributed by atoms with E-state index in [9.17, 15) is 14.9 Å². The van der Waals surface area contributed by atoms with E-state index in [-0.39, 0.29) is 25.3 Å². The minimum absolute atomic E-state index is 0.0106. The summed E-state index contributed by atoms with van der Waals surface area (Å²) in [7, 11) is 0. The first kappa shape index (κ1) is 25.1. The largest absolute Gasteiger partial charge is 0.494 e. The number of ether oxygens (including phenoxy) is 2. The molecule has 28 heavy (non-hydrogen) atoms. The Morgan fingerprint density at radius 3 is 2.14 bits per heavy atom. The lowest BCUT2D eigenvalue weighted by Crippen LogP contribution is -2.33. The molecule has 0 radical (unpaired) electrons. The van der Waals surface area contributed by atoms with Crippen LogP contribution in [0.2, 0.25) is 0 Å². The third kappa shape index (κ3) is 9.68. The summed E-state index contributed by atoms with van der Waals surface area (Å²) < 4.78 is 10.6. The number of nitro benzene ring substituents is 1. The van der Waals surface area contributed by atoms with Gasteiger partial charge in [-0.3, -0.25) is 14.9 Å². The maximum atomic E-state index is 11.8. The zero-order valence-electron chi connectivity index (χ0n) is 17.0. The molecule has 2 N–H and O–H groups in total. The van der Waals surface area contributed by atoms with E-state index in [0.29, 0.717) is 5.75 Å². The van der Waals surface area contributed by atoms with Crippen LogP contribution >= 0.6 is 0 Å². The second kappa shape index (κ2) is 15.2.